The quantitative estimate of drug-likeness (QED) is 0.651. The van der Waals surface area contributed by atoms with Crippen molar-refractivity contribution >= 4 is 11.4 Å². The summed E-state index contributed by atoms with van der Waals surface area (Å²) < 4.78 is 26.8. The number of anilines is 1. The predicted molar refractivity (Wildman–Crippen MR) is 66.8 cm³/mol. The minimum absolute atomic E-state index is 0.108. The number of nitrogens with two attached hydrogens (primary N) is 1. The molecule has 1 fully saturated rings. The zero-order valence-electron chi connectivity index (χ0n) is 10.2. The Balaban J connectivity index is 2.31. The van der Waals surface area contributed by atoms with Gasteiger partial charge in [0.2, 0.25) is 0 Å². The number of halogens is 2. The molecule has 19 heavy (non-hydrogen) atoms. The van der Waals surface area contributed by atoms with E-state index in [0.29, 0.717) is 12.6 Å². The lowest BCUT2D eigenvalue weighted by Crippen LogP contribution is -2.30. The second kappa shape index (κ2) is 5.48. The molecule has 5 nitrogen and oxygen atoms in total. The summed E-state index contributed by atoms with van der Waals surface area (Å²) in [6.45, 7) is 0.439. The molecule has 0 radical (unpaired) electrons. The molecule has 0 aromatic heterocycles. The highest BCUT2D eigenvalue weighted by Crippen LogP contribution is 2.34. The van der Waals surface area contributed by atoms with E-state index in [4.69, 9.17) is 5.73 Å². The molecular weight excluding hydrogens is 256 g/mol. The first-order valence-corrected chi connectivity index (χ1v) is 6.13. The number of hydrogen-bond donors (Lipinski definition) is 2. The van der Waals surface area contributed by atoms with Crippen LogP contribution in [0.15, 0.2) is 12.1 Å². The number of rotatable bonds is 4. The molecule has 7 heteroatoms. The summed E-state index contributed by atoms with van der Waals surface area (Å²) in [6, 6.07) is 1.25. The number of nitro benzene ring substituents is 1. The normalized spacial score (nSPS) is 22.5. The lowest BCUT2D eigenvalue weighted by molar-refractivity contribution is -0.384. The first-order chi connectivity index (χ1) is 9.02. The molecule has 0 bridgehead atoms. The minimum Gasteiger partial charge on any atom is -0.374 e. The monoisotopic (exact) mass is 271 g/mol. The third-order valence-electron chi connectivity index (χ3n) is 3.52. The van der Waals surface area contributed by atoms with Crippen LogP contribution in [0.2, 0.25) is 0 Å². The van der Waals surface area contributed by atoms with Crippen molar-refractivity contribution in [2.75, 3.05) is 11.9 Å². The number of nitrogens with one attached hydrogen (secondary N) is 1. The Morgan fingerprint density at radius 2 is 2.16 bits per heavy atom. The van der Waals surface area contributed by atoms with Gasteiger partial charge in [-0.3, -0.25) is 10.1 Å². The van der Waals surface area contributed by atoms with Gasteiger partial charge in [-0.05, 0) is 25.3 Å². The third-order valence-corrected chi connectivity index (χ3v) is 3.52. The smallest absolute Gasteiger partial charge is 0.298 e. The van der Waals surface area contributed by atoms with E-state index in [2.05, 4.69) is 5.32 Å². The molecular formula is C12H15F2N3O2. The van der Waals surface area contributed by atoms with Gasteiger partial charge < -0.3 is 11.1 Å². The van der Waals surface area contributed by atoms with E-state index in [-0.39, 0.29) is 17.6 Å². The van der Waals surface area contributed by atoms with Gasteiger partial charge in [-0.15, -0.1) is 0 Å². The SMILES string of the molecule is NCC1CCCC1Nc1c(F)cc(F)cc1[N+](=O)[O-]. The standard InChI is InChI=1S/C12H15F2N3O2/c13-8-4-9(14)12(11(5-8)17(18)19)16-10-3-1-2-7(10)6-15/h4-5,7,10,16H,1-3,6,15H2. The van der Waals surface area contributed by atoms with E-state index in [9.17, 15) is 18.9 Å². The van der Waals surface area contributed by atoms with Crippen molar-refractivity contribution in [3.05, 3.63) is 33.9 Å². The molecule has 1 saturated carbocycles. The molecule has 0 aliphatic heterocycles. The third kappa shape index (κ3) is 2.81. The molecule has 104 valence electrons. The van der Waals surface area contributed by atoms with Crippen molar-refractivity contribution in [3.63, 3.8) is 0 Å². The van der Waals surface area contributed by atoms with Crippen LogP contribution in [0.3, 0.4) is 0 Å². The summed E-state index contributed by atoms with van der Waals surface area (Å²) >= 11 is 0. The number of hydrogen-bond acceptors (Lipinski definition) is 4. The van der Waals surface area contributed by atoms with Gasteiger partial charge in [0.25, 0.3) is 5.69 Å². The fourth-order valence-electron chi connectivity index (χ4n) is 2.54. The summed E-state index contributed by atoms with van der Waals surface area (Å²) in [4.78, 5) is 10.1. The average molecular weight is 271 g/mol. The largest absolute Gasteiger partial charge is 0.374 e. The lowest BCUT2D eigenvalue weighted by atomic mass is 10.0. The highest BCUT2D eigenvalue weighted by molar-refractivity contribution is 5.63. The highest BCUT2D eigenvalue weighted by atomic mass is 19.1. The van der Waals surface area contributed by atoms with Gasteiger partial charge in [-0.25, -0.2) is 8.78 Å². The van der Waals surface area contributed by atoms with E-state index < -0.39 is 22.2 Å². The topological polar surface area (TPSA) is 81.2 Å². The van der Waals surface area contributed by atoms with Crippen molar-refractivity contribution in [2.24, 2.45) is 11.7 Å². The maximum atomic E-state index is 13.7. The first kappa shape index (κ1) is 13.7. The molecule has 0 amide bonds. The first-order valence-electron chi connectivity index (χ1n) is 6.13. The predicted octanol–water partition coefficient (Wildman–Crippen LogP) is 2.41. The molecule has 1 aromatic rings. The fraction of sp³-hybridized carbons (Fsp3) is 0.500. The maximum absolute atomic E-state index is 13.7. The van der Waals surface area contributed by atoms with Gasteiger partial charge >= 0.3 is 0 Å². The van der Waals surface area contributed by atoms with Crippen LogP contribution in [0.25, 0.3) is 0 Å². The summed E-state index contributed by atoms with van der Waals surface area (Å²) in [7, 11) is 0. The molecule has 1 aliphatic carbocycles. The molecule has 3 N–H and O–H groups in total. The summed E-state index contributed by atoms with van der Waals surface area (Å²) in [5, 5.41) is 13.7. The van der Waals surface area contributed by atoms with Gasteiger partial charge in [0.15, 0.2) is 5.82 Å². The van der Waals surface area contributed by atoms with Crippen LogP contribution in [-0.4, -0.2) is 17.5 Å². The van der Waals surface area contributed by atoms with Crippen LogP contribution in [0.4, 0.5) is 20.2 Å². The average Bonchev–Trinajstić information content (AvgIpc) is 2.79. The zero-order chi connectivity index (χ0) is 14.0. The summed E-state index contributed by atoms with van der Waals surface area (Å²) in [5.41, 5.74) is 4.77. The van der Waals surface area contributed by atoms with E-state index in [0.717, 1.165) is 25.3 Å². The van der Waals surface area contributed by atoms with Crippen LogP contribution in [0.1, 0.15) is 19.3 Å². The van der Waals surface area contributed by atoms with Crippen molar-refractivity contribution in [1.29, 1.82) is 0 Å². The Morgan fingerprint density at radius 1 is 1.42 bits per heavy atom. The Labute approximate surface area is 108 Å². The fourth-order valence-corrected chi connectivity index (χ4v) is 2.54. The maximum Gasteiger partial charge on any atom is 0.298 e. The molecule has 2 atom stereocenters. The van der Waals surface area contributed by atoms with Gasteiger partial charge in [0, 0.05) is 12.1 Å². The van der Waals surface area contributed by atoms with Gasteiger partial charge in [0.05, 0.1) is 11.0 Å². The second-order valence-corrected chi connectivity index (χ2v) is 4.72. The Hall–Kier alpha value is -1.76. The second-order valence-electron chi connectivity index (χ2n) is 4.72. The van der Waals surface area contributed by atoms with Gasteiger partial charge in [-0.1, -0.05) is 6.42 Å². The van der Waals surface area contributed by atoms with Crippen LogP contribution in [0, 0.1) is 27.7 Å². The lowest BCUT2D eigenvalue weighted by Gasteiger charge is -2.20. The van der Waals surface area contributed by atoms with Crippen LogP contribution in [-0.2, 0) is 0 Å². The zero-order valence-corrected chi connectivity index (χ0v) is 10.2. The molecule has 2 unspecified atom stereocenters. The highest BCUT2D eigenvalue weighted by Gasteiger charge is 2.29. The van der Waals surface area contributed by atoms with E-state index in [1.54, 1.807) is 0 Å². The van der Waals surface area contributed by atoms with Crippen molar-refractivity contribution < 1.29 is 13.7 Å². The van der Waals surface area contributed by atoms with Crippen LogP contribution >= 0.6 is 0 Å². The summed E-state index contributed by atoms with van der Waals surface area (Å²) in [5.74, 6) is -1.75. The molecule has 1 aromatic carbocycles. The number of nitro groups is 1. The van der Waals surface area contributed by atoms with Crippen molar-refractivity contribution in [3.8, 4) is 0 Å². The van der Waals surface area contributed by atoms with Crippen molar-refractivity contribution in [1.82, 2.24) is 0 Å². The number of benzene rings is 1. The van der Waals surface area contributed by atoms with E-state index in [1.165, 1.54) is 0 Å². The summed E-state index contributed by atoms with van der Waals surface area (Å²) in [6.07, 6.45) is 2.62. The molecule has 0 spiro atoms. The van der Waals surface area contributed by atoms with E-state index in [1.807, 2.05) is 0 Å². The molecule has 1 aliphatic rings. The minimum atomic E-state index is -0.962. The van der Waals surface area contributed by atoms with Gasteiger partial charge in [-0.2, -0.15) is 0 Å². The van der Waals surface area contributed by atoms with Crippen molar-refractivity contribution in [2.45, 2.75) is 25.3 Å². The molecule has 0 heterocycles. The van der Waals surface area contributed by atoms with Crippen LogP contribution < -0.4 is 11.1 Å². The Morgan fingerprint density at radius 3 is 2.79 bits per heavy atom. The number of nitrogens with zero attached hydrogens (tertiary/aromatic N) is 1. The Bertz CT molecular complexity index is 496. The molecule has 2 rings (SSSR count). The van der Waals surface area contributed by atoms with Gasteiger partial charge in [0.1, 0.15) is 11.5 Å². The molecule has 0 saturated heterocycles. The van der Waals surface area contributed by atoms with E-state index >= 15 is 0 Å². The van der Waals surface area contributed by atoms with Crippen LogP contribution in [0.5, 0.6) is 0 Å². The Kier molecular flexibility index (Phi) is 3.94.